The Bertz CT molecular complexity index is 37.1. The molecule has 0 aromatic rings. The van der Waals surface area contributed by atoms with Gasteiger partial charge < -0.3 is 10.6 Å². The van der Waals surface area contributed by atoms with Crippen molar-refractivity contribution in [3.8, 4) is 0 Å². The summed E-state index contributed by atoms with van der Waals surface area (Å²) >= 11 is 0. The van der Waals surface area contributed by atoms with E-state index < -0.39 is 0 Å². The Kier molecular flexibility index (Phi) is 4.04. The Morgan fingerprint density at radius 1 is 1.43 bits per heavy atom. The summed E-state index contributed by atoms with van der Waals surface area (Å²) in [5.41, 5.74) is 0. The minimum absolute atomic E-state index is 0.588. The molecule has 0 aromatic carbocycles. The number of hydrogen-bond acceptors (Lipinski definition) is 2. The van der Waals surface area contributed by atoms with E-state index in [-0.39, 0.29) is 0 Å². The van der Waals surface area contributed by atoms with Crippen LogP contribution in [-0.2, 0) is 0 Å². The lowest BCUT2D eigenvalue weighted by Crippen LogP contribution is -2.31. The van der Waals surface area contributed by atoms with Crippen molar-refractivity contribution in [2.75, 3.05) is 20.6 Å². The molecule has 0 amide bonds. The molecule has 2 heteroatoms. The van der Waals surface area contributed by atoms with Crippen LogP contribution >= 0.6 is 0 Å². The van der Waals surface area contributed by atoms with Crippen molar-refractivity contribution >= 4 is 0 Å². The van der Waals surface area contributed by atoms with Gasteiger partial charge in [0.25, 0.3) is 0 Å². The molecule has 0 unspecified atom stereocenters. The van der Waals surface area contributed by atoms with Gasteiger partial charge in [0, 0.05) is 12.6 Å². The number of likely N-dealkylation sites (N-methyl/N-ethyl adjacent to an activating group) is 2. The van der Waals surface area contributed by atoms with Crippen LogP contribution in [0.3, 0.4) is 0 Å². The number of hydrogen-bond donors (Lipinski definition) is 2. The molecule has 44 valence electrons. The van der Waals surface area contributed by atoms with Crippen LogP contribution < -0.4 is 10.6 Å². The molecule has 7 heavy (non-hydrogen) atoms. The van der Waals surface area contributed by atoms with Gasteiger partial charge in [-0.2, -0.15) is 0 Å². The van der Waals surface area contributed by atoms with E-state index in [1.54, 1.807) is 0 Å². The average Bonchev–Trinajstić information content (AvgIpc) is 1.68. The Hall–Kier alpha value is -0.0800. The maximum Gasteiger partial charge on any atom is 0.0161 e. The molecule has 0 aliphatic rings. The summed E-state index contributed by atoms with van der Waals surface area (Å²) in [5.74, 6) is 0. The van der Waals surface area contributed by atoms with Gasteiger partial charge in [0.1, 0.15) is 0 Å². The van der Waals surface area contributed by atoms with Crippen molar-refractivity contribution in [3.63, 3.8) is 0 Å². The normalized spacial score (nSPS) is 14.1. The van der Waals surface area contributed by atoms with Crippen LogP contribution in [0, 0.1) is 0 Å². The minimum atomic E-state index is 0.588. The van der Waals surface area contributed by atoms with Gasteiger partial charge in [0.2, 0.25) is 0 Å². The maximum atomic E-state index is 3.10. The Morgan fingerprint density at radius 2 is 2.00 bits per heavy atom. The maximum absolute atomic E-state index is 3.10. The van der Waals surface area contributed by atoms with Crippen LogP contribution in [-0.4, -0.2) is 26.7 Å². The van der Waals surface area contributed by atoms with Crippen molar-refractivity contribution in [1.82, 2.24) is 10.6 Å². The first kappa shape index (κ1) is 6.92. The third-order valence-corrected chi connectivity index (χ3v) is 1.00. The zero-order chi connectivity index (χ0) is 5.70. The molecule has 0 aromatic heterocycles. The molecule has 0 radical (unpaired) electrons. The third kappa shape index (κ3) is 3.76. The van der Waals surface area contributed by atoms with Crippen LogP contribution in [0.5, 0.6) is 0 Å². The predicted octanol–water partition coefficient (Wildman–Crippen LogP) is -0.186. The second kappa shape index (κ2) is 4.09. The Morgan fingerprint density at radius 3 is 2.14 bits per heavy atom. The van der Waals surface area contributed by atoms with E-state index >= 15 is 0 Å². The van der Waals surface area contributed by atoms with Gasteiger partial charge in [-0.05, 0) is 21.0 Å². The van der Waals surface area contributed by atoms with Crippen LogP contribution in [0.25, 0.3) is 0 Å². The summed E-state index contributed by atoms with van der Waals surface area (Å²) in [4.78, 5) is 0. The molecule has 0 rings (SSSR count). The first-order valence-electron chi connectivity index (χ1n) is 2.63. The van der Waals surface area contributed by atoms with E-state index in [0.717, 1.165) is 6.54 Å². The van der Waals surface area contributed by atoms with Gasteiger partial charge in [-0.3, -0.25) is 0 Å². The van der Waals surface area contributed by atoms with E-state index in [9.17, 15) is 0 Å². The lowest BCUT2D eigenvalue weighted by Gasteiger charge is -2.06. The van der Waals surface area contributed by atoms with E-state index in [1.807, 2.05) is 14.1 Å². The molecule has 0 aliphatic carbocycles. The highest BCUT2D eigenvalue weighted by Gasteiger charge is 1.90. The second-order valence-corrected chi connectivity index (χ2v) is 1.75. The molecule has 0 fully saturated rings. The third-order valence-electron chi connectivity index (χ3n) is 1.00. The summed E-state index contributed by atoms with van der Waals surface area (Å²) in [7, 11) is 3.91. The van der Waals surface area contributed by atoms with Gasteiger partial charge in [-0.1, -0.05) is 0 Å². The fourth-order valence-corrected chi connectivity index (χ4v) is 0.408. The molecule has 2 nitrogen and oxygen atoms in total. The molecule has 0 heterocycles. The largest absolute Gasteiger partial charge is 0.318 e. The van der Waals surface area contributed by atoms with E-state index in [1.165, 1.54) is 0 Å². The fourth-order valence-electron chi connectivity index (χ4n) is 0.408. The second-order valence-electron chi connectivity index (χ2n) is 1.75. The topological polar surface area (TPSA) is 24.1 Å². The highest BCUT2D eigenvalue weighted by Crippen LogP contribution is 1.70. The Balaban J connectivity index is 2.83. The van der Waals surface area contributed by atoms with Gasteiger partial charge in [0.15, 0.2) is 0 Å². The Labute approximate surface area is 45.3 Å². The van der Waals surface area contributed by atoms with Crippen molar-refractivity contribution in [2.45, 2.75) is 13.0 Å². The van der Waals surface area contributed by atoms with Gasteiger partial charge in [-0.15, -0.1) is 0 Å². The monoisotopic (exact) mass is 102 g/mol. The smallest absolute Gasteiger partial charge is 0.0161 e. The van der Waals surface area contributed by atoms with Crippen LogP contribution in [0.1, 0.15) is 6.92 Å². The minimum Gasteiger partial charge on any atom is -0.318 e. The predicted molar refractivity (Wildman–Crippen MR) is 32.4 cm³/mol. The van der Waals surface area contributed by atoms with E-state index in [2.05, 4.69) is 17.6 Å². The highest BCUT2D eigenvalue weighted by molar-refractivity contribution is 4.56. The molecule has 0 saturated carbocycles. The fraction of sp³-hybridized carbons (Fsp3) is 1.00. The molecule has 1 atom stereocenters. The standard InChI is InChI=1S/C5H14N2/c1-5(7-3)4-6-2/h5-7H,4H2,1-3H3/t5-/m1/s1. The van der Waals surface area contributed by atoms with Crippen molar-refractivity contribution in [2.24, 2.45) is 0 Å². The van der Waals surface area contributed by atoms with Crippen LogP contribution in [0.4, 0.5) is 0 Å². The molecule has 0 aliphatic heterocycles. The molecule has 2 N–H and O–H groups in total. The lowest BCUT2D eigenvalue weighted by atomic mass is 10.3. The zero-order valence-electron chi connectivity index (χ0n) is 5.28. The first-order chi connectivity index (χ1) is 3.31. The first-order valence-corrected chi connectivity index (χ1v) is 2.63. The molecule has 0 saturated heterocycles. The van der Waals surface area contributed by atoms with Crippen LogP contribution in [0.2, 0.25) is 0 Å². The molecular formula is C5H14N2. The average molecular weight is 102 g/mol. The molecule has 0 bridgehead atoms. The van der Waals surface area contributed by atoms with Crippen molar-refractivity contribution < 1.29 is 0 Å². The number of nitrogens with one attached hydrogen (secondary N) is 2. The summed E-state index contributed by atoms with van der Waals surface area (Å²) in [6.07, 6.45) is 0. The highest BCUT2D eigenvalue weighted by atomic mass is 14.9. The van der Waals surface area contributed by atoms with Crippen LogP contribution in [0.15, 0.2) is 0 Å². The van der Waals surface area contributed by atoms with Gasteiger partial charge in [-0.25, -0.2) is 0 Å². The summed E-state index contributed by atoms with van der Waals surface area (Å²) in [5, 5.41) is 6.16. The summed E-state index contributed by atoms with van der Waals surface area (Å²) in [6.45, 7) is 3.17. The van der Waals surface area contributed by atoms with E-state index in [4.69, 9.17) is 0 Å². The summed E-state index contributed by atoms with van der Waals surface area (Å²) in [6, 6.07) is 0.588. The van der Waals surface area contributed by atoms with E-state index in [0.29, 0.717) is 6.04 Å². The van der Waals surface area contributed by atoms with Crippen molar-refractivity contribution in [3.05, 3.63) is 0 Å². The molecule has 0 spiro atoms. The quantitative estimate of drug-likeness (QED) is 0.516. The summed E-state index contributed by atoms with van der Waals surface area (Å²) < 4.78 is 0. The number of rotatable bonds is 3. The SMILES string of the molecule is CNC[C@@H](C)NC. The zero-order valence-corrected chi connectivity index (χ0v) is 5.28. The lowest BCUT2D eigenvalue weighted by molar-refractivity contribution is 0.573. The van der Waals surface area contributed by atoms with Crippen molar-refractivity contribution in [1.29, 1.82) is 0 Å². The van der Waals surface area contributed by atoms with Gasteiger partial charge >= 0.3 is 0 Å². The molecular weight excluding hydrogens is 88.1 g/mol. The van der Waals surface area contributed by atoms with Gasteiger partial charge in [0.05, 0.1) is 0 Å².